The van der Waals surface area contributed by atoms with Crippen LogP contribution >= 0.6 is 15.9 Å². The van der Waals surface area contributed by atoms with E-state index in [1.165, 1.54) is 25.7 Å². The quantitative estimate of drug-likeness (QED) is 0.671. The normalized spacial score (nSPS) is 29.0. The first kappa shape index (κ1) is 12.9. The number of carbonyl (C=O) groups is 1. The fourth-order valence-electron chi connectivity index (χ4n) is 3.36. The molecule has 0 spiro atoms. The van der Waals surface area contributed by atoms with Crippen molar-refractivity contribution in [3.63, 3.8) is 0 Å². The molecule has 1 N–H and O–H groups in total. The number of carbonyl (C=O) groups excluding carboxylic acids is 1. The van der Waals surface area contributed by atoms with Crippen molar-refractivity contribution in [3.05, 3.63) is 34.3 Å². The molecule has 0 radical (unpaired) electrons. The molecule has 2 aliphatic rings. The Hall–Kier alpha value is -1.16. The van der Waals surface area contributed by atoms with Crippen molar-refractivity contribution in [2.75, 3.05) is 0 Å². The molecule has 1 aromatic carbocycles. The molecule has 3 rings (SSSR count). The third-order valence-corrected chi connectivity index (χ3v) is 4.80. The second-order valence-corrected chi connectivity index (χ2v) is 6.48. The van der Waals surface area contributed by atoms with Gasteiger partial charge in [-0.3, -0.25) is 4.79 Å². The highest BCUT2D eigenvalue weighted by Gasteiger charge is 2.38. The Morgan fingerprint density at radius 2 is 2.26 bits per heavy atom. The molecule has 3 nitrogen and oxygen atoms in total. The first-order chi connectivity index (χ1) is 9.22. The van der Waals surface area contributed by atoms with Gasteiger partial charge in [0.25, 0.3) is 5.91 Å². The summed E-state index contributed by atoms with van der Waals surface area (Å²) in [5.74, 6) is 2.13. The Labute approximate surface area is 121 Å². The second kappa shape index (κ2) is 5.45. The smallest absolute Gasteiger partial charge is 0.267 e. The van der Waals surface area contributed by atoms with E-state index in [-0.39, 0.29) is 5.91 Å². The summed E-state index contributed by atoms with van der Waals surface area (Å²) in [4.78, 5) is 11.9. The maximum Gasteiger partial charge on any atom is 0.271 e. The van der Waals surface area contributed by atoms with Gasteiger partial charge in [-0.25, -0.2) is 5.43 Å². The van der Waals surface area contributed by atoms with Gasteiger partial charge in [-0.2, -0.15) is 5.10 Å². The van der Waals surface area contributed by atoms with Gasteiger partial charge in [0.1, 0.15) is 0 Å². The van der Waals surface area contributed by atoms with Crippen LogP contribution in [0.25, 0.3) is 0 Å². The van der Waals surface area contributed by atoms with Crippen LogP contribution in [0.1, 0.15) is 36.0 Å². The zero-order valence-electron chi connectivity index (χ0n) is 10.7. The lowest BCUT2D eigenvalue weighted by molar-refractivity contribution is 0.0954. The van der Waals surface area contributed by atoms with Crippen LogP contribution in [0, 0.1) is 17.8 Å². The zero-order chi connectivity index (χ0) is 13.2. The van der Waals surface area contributed by atoms with Crippen molar-refractivity contribution < 1.29 is 4.79 Å². The molecule has 19 heavy (non-hydrogen) atoms. The zero-order valence-corrected chi connectivity index (χ0v) is 12.3. The molecular weight excluding hydrogens is 304 g/mol. The summed E-state index contributed by atoms with van der Waals surface area (Å²) in [5.41, 5.74) is 3.25. The van der Waals surface area contributed by atoms with Gasteiger partial charge >= 0.3 is 0 Å². The fraction of sp³-hybridized carbons (Fsp3) is 0.467. The van der Waals surface area contributed by atoms with Crippen molar-refractivity contribution in [2.24, 2.45) is 22.9 Å². The minimum Gasteiger partial charge on any atom is -0.267 e. The van der Waals surface area contributed by atoms with E-state index in [0.29, 0.717) is 11.5 Å². The van der Waals surface area contributed by atoms with E-state index in [4.69, 9.17) is 0 Å². The van der Waals surface area contributed by atoms with Crippen LogP contribution in [-0.4, -0.2) is 12.1 Å². The summed E-state index contributed by atoms with van der Waals surface area (Å²) >= 11 is 3.36. The van der Waals surface area contributed by atoms with Crippen molar-refractivity contribution in [3.8, 4) is 0 Å². The van der Waals surface area contributed by atoms with E-state index in [1.807, 2.05) is 18.3 Å². The molecule has 0 aromatic heterocycles. The lowest BCUT2D eigenvalue weighted by Crippen LogP contribution is -2.20. The lowest BCUT2D eigenvalue weighted by atomic mass is 9.90. The number of rotatable bonds is 3. The fourth-order valence-corrected chi connectivity index (χ4v) is 3.76. The van der Waals surface area contributed by atoms with Gasteiger partial charge in [0.2, 0.25) is 0 Å². The Morgan fingerprint density at radius 3 is 2.95 bits per heavy atom. The van der Waals surface area contributed by atoms with Crippen molar-refractivity contribution in [2.45, 2.75) is 25.7 Å². The topological polar surface area (TPSA) is 41.5 Å². The monoisotopic (exact) mass is 320 g/mol. The van der Waals surface area contributed by atoms with Crippen molar-refractivity contribution >= 4 is 28.1 Å². The molecule has 0 unspecified atom stereocenters. The SMILES string of the molecule is O=C(N/N=C/[C@@H]1C[C@@H]2CC[C@@H]1C2)c1cccc(Br)c1. The summed E-state index contributed by atoms with van der Waals surface area (Å²) < 4.78 is 0.900. The summed E-state index contributed by atoms with van der Waals surface area (Å²) in [7, 11) is 0. The average molecular weight is 321 g/mol. The molecule has 0 saturated heterocycles. The highest BCUT2D eigenvalue weighted by atomic mass is 79.9. The Kier molecular flexibility index (Phi) is 3.69. The standard InChI is InChI=1S/C15H17BrN2O/c16-14-3-1-2-12(8-14)15(19)18-17-9-13-7-10-4-5-11(13)6-10/h1-3,8-11,13H,4-7H2,(H,18,19)/b17-9+/t10-,11-,13+/m1/s1. The predicted octanol–water partition coefficient (Wildman–Crippen LogP) is 3.60. The molecule has 4 heteroatoms. The molecule has 2 saturated carbocycles. The predicted molar refractivity (Wildman–Crippen MR) is 79.0 cm³/mol. The number of nitrogens with one attached hydrogen (secondary N) is 1. The largest absolute Gasteiger partial charge is 0.271 e. The molecule has 100 valence electrons. The maximum absolute atomic E-state index is 11.9. The van der Waals surface area contributed by atoms with E-state index >= 15 is 0 Å². The van der Waals surface area contributed by atoms with Crippen LogP contribution in [-0.2, 0) is 0 Å². The number of halogens is 1. The van der Waals surface area contributed by atoms with Gasteiger partial charge in [-0.1, -0.05) is 28.4 Å². The second-order valence-electron chi connectivity index (χ2n) is 5.57. The molecule has 2 fully saturated rings. The highest BCUT2D eigenvalue weighted by molar-refractivity contribution is 9.10. The van der Waals surface area contributed by atoms with Crippen LogP contribution in [0.15, 0.2) is 33.8 Å². The van der Waals surface area contributed by atoms with Gasteiger partial charge in [0, 0.05) is 16.3 Å². The molecule has 2 bridgehead atoms. The van der Waals surface area contributed by atoms with E-state index in [2.05, 4.69) is 26.5 Å². The highest BCUT2D eigenvalue weighted by Crippen LogP contribution is 2.47. The van der Waals surface area contributed by atoms with Gasteiger partial charge in [0.15, 0.2) is 0 Å². The van der Waals surface area contributed by atoms with Gasteiger partial charge in [-0.05, 0) is 55.2 Å². The molecule has 1 amide bonds. The summed E-state index contributed by atoms with van der Waals surface area (Å²) in [6.45, 7) is 0. The summed E-state index contributed by atoms with van der Waals surface area (Å²) in [6.07, 6.45) is 7.28. The van der Waals surface area contributed by atoms with Crippen molar-refractivity contribution in [1.82, 2.24) is 5.43 Å². The van der Waals surface area contributed by atoms with E-state index in [0.717, 1.165) is 16.3 Å². The number of amides is 1. The van der Waals surface area contributed by atoms with Crippen LogP contribution in [0.3, 0.4) is 0 Å². The van der Waals surface area contributed by atoms with Crippen LogP contribution in [0.5, 0.6) is 0 Å². The summed E-state index contributed by atoms with van der Waals surface area (Å²) in [6, 6.07) is 7.32. The molecule has 0 heterocycles. The minimum absolute atomic E-state index is 0.152. The number of hydrazone groups is 1. The van der Waals surface area contributed by atoms with Crippen LogP contribution in [0.2, 0.25) is 0 Å². The minimum atomic E-state index is -0.152. The Balaban J connectivity index is 1.56. The first-order valence-corrected chi connectivity index (χ1v) is 7.61. The molecular formula is C15H17BrN2O. The number of benzene rings is 1. The third kappa shape index (κ3) is 2.89. The van der Waals surface area contributed by atoms with Crippen LogP contribution < -0.4 is 5.43 Å². The van der Waals surface area contributed by atoms with Gasteiger partial charge in [0.05, 0.1) is 0 Å². The lowest BCUT2D eigenvalue weighted by Gasteiger charge is -2.16. The number of fused-ring (bicyclic) bond motifs is 2. The average Bonchev–Trinajstić information content (AvgIpc) is 3.01. The Morgan fingerprint density at radius 1 is 1.37 bits per heavy atom. The van der Waals surface area contributed by atoms with Crippen LogP contribution in [0.4, 0.5) is 0 Å². The number of nitrogens with zero attached hydrogens (tertiary/aromatic N) is 1. The Bertz CT molecular complexity index is 515. The number of hydrogen-bond acceptors (Lipinski definition) is 2. The maximum atomic E-state index is 11.9. The summed E-state index contributed by atoms with van der Waals surface area (Å²) in [5, 5.41) is 4.14. The molecule has 2 aliphatic carbocycles. The van der Waals surface area contributed by atoms with Gasteiger partial charge in [-0.15, -0.1) is 0 Å². The molecule has 1 aromatic rings. The van der Waals surface area contributed by atoms with Gasteiger partial charge < -0.3 is 0 Å². The number of hydrogen-bond donors (Lipinski definition) is 1. The molecule has 0 aliphatic heterocycles. The van der Waals surface area contributed by atoms with E-state index in [9.17, 15) is 4.79 Å². The third-order valence-electron chi connectivity index (χ3n) is 4.31. The van der Waals surface area contributed by atoms with E-state index < -0.39 is 0 Å². The molecule has 3 atom stereocenters. The van der Waals surface area contributed by atoms with Crippen molar-refractivity contribution in [1.29, 1.82) is 0 Å². The first-order valence-electron chi connectivity index (χ1n) is 6.81. The van der Waals surface area contributed by atoms with E-state index in [1.54, 1.807) is 12.1 Å².